The normalized spacial score (nSPS) is 14.1. The fraction of sp³-hybridized carbons (Fsp3) is 0.385. The van der Waals surface area contributed by atoms with Crippen LogP contribution in [0, 0.1) is 5.92 Å². The number of carbonyl (C=O) groups is 2. The molecule has 0 fully saturated rings. The van der Waals surface area contributed by atoms with E-state index in [1.807, 2.05) is 0 Å². The largest absolute Gasteiger partial charge is 0.469 e. The summed E-state index contributed by atoms with van der Waals surface area (Å²) in [5.41, 5.74) is 0.509. The topological polar surface area (TPSA) is 61.8 Å². The van der Waals surface area contributed by atoms with E-state index in [9.17, 15) is 9.59 Å². The summed E-state index contributed by atoms with van der Waals surface area (Å²) in [5.74, 6) is 0.238. The smallest absolute Gasteiger partial charge is 0.308 e. The van der Waals surface area contributed by atoms with E-state index >= 15 is 0 Å². The third kappa shape index (κ3) is 2.45. The van der Waals surface area contributed by atoms with Crippen molar-refractivity contribution in [2.75, 3.05) is 13.9 Å². The molecule has 0 saturated carbocycles. The summed E-state index contributed by atoms with van der Waals surface area (Å²) in [6.45, 7) is 1.84. The summed E-state index contributed by atoms with van der Waals surface area (Å²) < 4.78 is 14.9. The van der Waals surface area contributed by atoms with E-state index in [1.165, 1.54) is 7.11 Å². The van der Waals surface area contributed by atoms with Crippen molar-refractivity contribution >= 4 is 11.8 Å². The van der Waals surface area contributed by atoms with Gasteiger partial charge in [0.15, 0.2) is 17.3 Å². The third-order valence-electron chi connectivity index (χ3n) is 2.79. The summed E-state index contributed by atoms with van der Waals surface area (Å²) in [6, 6.07) is 4.99. The Balaban J connectivity index is 2.07. The van der Waals surface area contributed by atoms with E-state index in [0.29, 0.717) is 17.1 Å². The Bertz CT molecular complexity index is 480. The van der Waals surface area contributed by atoms with Gasteiger partial charge in [-0.15, -0.1) is 0 Å². The minimum absolute atomic E-state index is 0.117. The minimum Gasteiger partial charge on any atom is -0.469 e. The highest BCUT2D eigenvalue weighted by molar-refractivity contribution is 5.98. The molecule has 5 heteroatoms. The molecule has 0 amide bonds. The minimum atomic E-state index is -0.451. The van der Waals surface area contributed by atoms with Crippen LogP contribution in [0.5, 0.6) is 11.5 Å². The number of fused-ring (bicyclic) bond motifs is 1. The summed E-state index contributed by atoms with van der Waals surface area (Å²) in [5, 5.41) is 0. The molecule has 0 N–H and O–H groups in total. The molecule has 5 nitrogen and oxygen atoms in total. The number of esters is 1. The lowest BCUT2D eigenvalue weighted by molar-refractivity contribution is -0.144. The van der Waals surface area contributed by atoms with Crippen LogP contribution in [0.25, 0.3) is 0 Å². The number of Topliss-reactive ketones (excluding diaryl/α,β-unsaturated/α-hetero) is 1. The number of carbonyl (C=O) groups excluding carboxylic acids is 2. The van der Waals surface area contributed by atoms with E-state index in [2.05, 4.69) is 4.74 Å². The quantitative estimate of drug-likeness (QED) is 0.602. The molecular weight excluding hydrogens is 236 g/mol. The molecular formula is C13H14O5. The van der Waals surface area contributed by atoms with Crippen LogP contribution in [0.3, 0.4) is 0 Å². The Hall–Kier alpha value is -2.04. The highest BCUT2D eigenvalue weighted by Gasteiger charge is 2.21. The zero-order valence-electron chi connectivity index (χ0n) is 10.3. The van der Waals surface area contributed by atoms with Crippen LogP contribution in [0.4, 0.5) is 0 Å². The van der Waals surface area contributed by atoms with Gasteiger partial charge in [0.25, 0.3) is 0 Å². The molecule has 0 aromatic heterocycles. The zero-order chi connectivity index (χ0) is 13.1. The van der Waals surface area contributed by atoms with Gasteiger partial charge < -0.3 is 14.2 Å². The first-order valence-corrected chi connectivity index (χ1v) is 5.62. The van der Waals surface area contributed by atoms with E-state index in [4.69, 9.17) is 9.47 Å². The van der Waals surface area contributed by atoms with E-state index < -0.39 is 5.92 Å². The Labute approximate surface area is 105 Å². The highest BCUT2D eigenvalue weighted by atomic mass is 16.7. The lowest BCUT2D eigenvalue weighted by Gasteiger charge is -2.08. The predicted molar refractivity (Wildman–Crippen MR) is 62.7 cm³/mol. The van der Waals surface area contributed by atoms with E-state index in [-0.39, 0.29) is 25.0 Å². The Morgan fingerprint density at radius 2 is 2.06 bits per heavy atom. The Kier molecular flexibility index (Phi) is 3.50. The number of rotatable bonds is 4. The molecule has 1 unspecified atom stereocenters. The van der Waals surface area contributed by atoms with Crippen LogP contribution in [0.2, 0.25) is 0 Å². The first kappa shape index (κ1) is 12.4. The summed E-state index contributed by atoms with van der Waals surface area (Å²) in [4.78, 5) is 23.2. The molecule has 0 saturated heterocycles. The fourth-order valence-corrected chi connectivity index (χ4v) is 1.75. The van der Waals surface area contributed by atoms with E-state index in [1.54, 1.807) is 25.1 Å². The van der Waals surface area contributed by atoms with Gasteiger partial charge in [0.2, 0.25) is 6.79 Å². The second-order valence-corrected chi connectivity index (χ2v) is 4.12. The van der Waals surface area contributed by atoms with Gasteiger partial charge in [0.05, 0.1) is 13.0 Å². The van der Waals surface area contributed by atoms with E-state index in [0.717, 1.165) is 0 Å². The number of hydrogen-bond donors (Lipinski definition) is 0. The zero-order valence-corrected chi connectivity index (χ0v) is 10.3. The lowest BCUT2D eigenvalue weighted by Crippen LogP contribution is -2.16. The standard InChI is InChI=1S/C13H14O5/c1-8(13(15)16-2)5-10(14)9-3-4-11-12(6-9)18-7-17-11/h3-4,6,8H,5,7H2,1-2H3. The maximum atomic E-state index is 12.0. The molecule has 0 bridgehead atoms. The van der Waals surface area contributed by atoms with Crippen molar-refractivity contribution in [3.8, 4) is 11.5 Å². The molecule has 2 rings (SSSR count). The van der Waals surface area contributed by atoms with Crippen LogP contribution in [0.15, 0.2) is 18.2 Å². The SMILES string of the molecule is COC(=O)C(C)CC(=O)c1ccc2c(c1)OCO2. The average Bonchev–Trinajstić information content (AvgIpc) is 2.84. The highest BCUT2D eigenvalue weighted by Crippen LogP contribution is 2.33. The van der Waals surface area contributed by atoms with Crippen molar-refractivity contribution in [1.82, 2.24) is 0 Å². The molecule has 0 spiro atoms. The van der Waals surface area contributed by atoms with Gasteiger partial charge in [-0.25, -0.2) is 0 Å². The number of benzene rings is 1. The van der Waals surface area contributed by atoms with Gasteiger partial charge >= 0.3 is 5.97 Å². The van der Waals surface area contributed by atoms with Gasteiger partial charge in [-0.2, -0.15) is 0 Å². The molecule has 1 aliphatic heterocycles. The van der Waals surface area contributed by atoms with Crippen molar-refractivity contribution in [3.05, 3.63) is 23.8 Å². The van der Waals surface area contributed by atoms with Gasteiger partial charge in [0.1, 0.15) is 0 Å². The molecule has 1 atom stereocenters. The molecule has 0 aliphatic carbocycles. The van der Waals surface area contributed by atoms with Gasteiger partial charge in [-0.3, -0.25) is 9.59 Å². The van der Waals surface area contributed by atoms with Crippen molar-refractivity contribution in [3.63, 3.8) is 0 Å². The second kappa shape index (κ2) is 5.08. The summed E-state index contributed by atoms with van der Waals surface area (Å²) >= 11 is 0. The van der Waals surface area contributed by atoms with Crippen LogP contribution >= 0.6 is 0 Å². The number of methoxy groups -OCH3 is 1. The molecule has 18 heavy (non-hydrogen) atoms. The van der Waals surface area contributed by atoms with Gasteiger partial charge in [-0.1, -0.05) is 6.92 Å². The van der Waals surface area contributed by atoms with Crippen LogP contribution in [0.1, 0.15) is 23.7 Å². The van der Waals surface area contributed by atoms with Crippen molar-refractivity contribution in [2.24, 2.45) is 5.92 Å². The first-order valence-electron chi connectivity index (χ1n) is 5.62. The molecule has 1 aromatic rings. The first-order chi connectivity index (χ1) is 8.61. The van der Waals surface area contributed by atoms with Crippen molar-refractivity contribution in [2.45, 2.75) is 13.3 Å². The van der Waals surface area contributed by atoms with Crippen molar-refractivity contribution in [1.29, 1.82) is 0 Å². The van der Waals surface area contributed by atoms with Gasteiger partial charge in [0, 0.05) is 12.0 Å². The molecule has 96 valence electrons. The van der Waals surface area contributed by atoms with Crippen LogP contribution in [-0.2, 0) is 9.53 Å². The van der Waals surface area contributed by atoms with Crippen LogP contribution < -0.4 is 9.47 Å². The predicted octanol–water partition coefficient (Wildman–Crippen LogP) is 1.80. The Morgan fingerprint density at radius 3 is 2.78 bits per heavy atom. The number of ketones is 1. The maximum Gasteiger partial charge on any atom is 0.308 e. The average molecular weight is 250 g/mol. The molecule has 1 heterocycles. The monoisotopic (exact) mass is 250 g/mol. The lowest BCUT2D eigenvalue weighted by atomic mass is 9.99. The Morgan fingerprint density at radius 1 is 1.33 bits per heavy atom. The molecule has 1 aromatic carbocycles. The fourth-order valence-electron chi connectivity index (χ4n) is 1.75. The number of hydrogen-bond acceptors (Lipinski definition) is 5. The summed E-state index contributed by atoms with van der Waals surface area (Å²) in [6.07, 6.45) is 0.117. The second-order valence-electron chi connectivity index (χ2n) is 4.12. The molecule has 0 radical (unpaired) electrons. The third-order valence-corrected chi connectivity index (χ3v) is 2.79. The maximum absolute atomic E-state index is 12.0. The van der Waals surface area contributed by atoms with Crippen molar-refractivity contribution < 1.29 is 23.8 Å². The number of ether oxygens (including phenoxy) is 3. The molecule has 1 aliphatic rings. The summed E-state index contributed by atoms with van der Waals surface area (Å²) in [7, 11) is 1.31. The van der Waals surface area contributed by atoms with Gasteiger partial charge in [-0.05, 0) is 18.2 Å². The van der Waals surface area contributed by atoms with Crippen LogP contribution in [-0.4, -0.2) is 25.7 Å².